The van der Waals surface area contributed by atoms with E-state index in [0.29, 0.717) is 24.2 Å². The van der Waals surface area contributed by atoms with Crippen LogP contribution in [0.2, 0.25) is 0 Å². The van der Waals surface area contributed by atoms with E-state index in [9.17, 15) is 4.79 Å². The van der Waals surface area contributed by atoms with Crippen LogP contribution in [0, 0.1) is 0 Å². The molecule has 5 heteroatoms. The zero-order chi connectivity index (χ0) is 16.4. The number of hydrogen-bond acceptors (Lipinski definition) is 4. The molecule has 3 fully saturated rings. The van der Waals surface area contributed by atoms with Crippen LogP contribution in [0.25, 0.3) is 0 Å². The van der Waals surface area contributed by atoms with Crippen molar-refractivity contribution in [2.75, 3.05) is 13.1 Å². The number of carbonyl (C=O) groups is 1. The molecule has 3 saturated heterocycles. The number of fused-ring (bicyclic) bond motifs is 2. The fourth-order valence-electron chi connectivity index (χ4n) is 4.36. The molecule has 0 saturated carbocycles. The van der Waals surface area contributed by atoms with E-state index in [-0.39, 0.29) is 6.09 Å². The number of amides is 1. The van der Waals surface area contributed by atoms with Gasteiger partial charge in [0.1, 0.15) is 5.60 Å². The highest BCUT2D eigenvalue weighted by Crippen LogP contribution is 2.36. The van der Waals surface area contributed by atoms with Crippen LogP contribution in [-0.4, -0.2) is 53.9 Å². The Bertz CT molecular complexity index is 401. The van der Waals surface area contributed by atoms with E-state index < -0.39 is 5.60 Å². The molecule has 2 bridgehead atoms. The molecular weight excluding hydrogens is 290 g/mol. The molecule has 3 atom stereocenters. The fourth-order valence-corrected chi connectivity index (χ4v) is 4.36. The second kappa shape index (κ2) is 6.98. The van der Waals surface area contributed by atoms with Gasteiger partial charge in [-0.3, -0.25) is 0 Å². The van der Waals surface area contributed by atoms with Gasteiger partial charge in [0, 0.05) is 30.7 Å². The van der Waals surface area contributed by atoms with Crippen molar-refractivity contribution in [2.24, 2.45) is 0 Å². The third kappa shape index (κ3) is 4.38. The van der Waals surface area contributed by atoms with E-state index in [0.717, 1.165) is 38.8 Å². The van der Waals surface area contributed by atoms with Crippen LogP contribution < -0.4 is 10.6 Å². The van der Waals surface area contributed by atoms with Gasteiger partial charge in [0.2, 0.25) is 0 Å². The van der Waals surface area contributed by atoms with Crippen LogP contribution in [0.1, 0.15) is 65.7 Å². The van der Waals surface area contributed by atoms with Crippen LogP contribution in [0.4, 0.5) is 4.79 Å². The lowest BCUT2D eigenvalue weighted by Gasteiger charge is -2.40. The highest BCUT2D eigenvalue weighted by Gasteiger charge is 2.44. The minimum Gasteiger partial charge on any atom is -0.444 e. The van der Waals surface area contributed by atoms with Crippen molar-refractivity contribution in [2.45, 2.75) is 95.5 Å². The number of ether oxygens (including phenoxy) is 1. The fraction of sp³-hybridized carbons (Fsp3) is 0.944. The highest BCUT2D eigenvalue weighted by atomic mass is 16.6. The van der Waals surface area contributed by atoms with Crippen molar-refractivity contribution in [3.8, 4) is 0 Å². The van der Waals surface area contributed by atoms with Gasteiger partial charge in [0.25, 0.3) is 0 Å². The smallest absolute Gasteiger partial charge is 0.410 e. The number of nitrogens with zero attached hydrogens (tertiary/aromatic N) is 1. The third-order valence-corrected chi connectivity index (χ3v) is 5.40. The molecule has 3 heterocycles. The molecule has 132 valence electrons. The summed E-state index contributed by atoms with van der Waals surface area (Å²) in [4.78, 5) is 14.5. The zero-order valence-corrected chi connectivity index (χ0v) is 14.9. The number of hydrogen-bond donors (Lipinski definition) is 2. The Kier molecular flexibility index (Phi) is 5.16. The van der Waals surface area contributed by atoms with Gasteiger partial charge in [-0.05, 0) is 65.8 Å². The van der Waals surface area contributed by atoms with Gasteiger partial charge in [0.05, 0.1) is 0 Å². The lowest BCUT2D eigenvalue weighted by Crippen LogP contribution is -2.54. The van der Waals surface area contributed by atoms with E-state index in [4.69, 9.17) is 4.74 Å². The molecule has 23 heavy (non-hydrogen) atoms. The SMILES string of the molecule is CC(C)(C)OC(=O)N1C2CCC1CC(NCC1CCCCN1)C2. The van der Waals surface area contributed by atoms with Crippen LogP contribution in [0.15, 0.2) is 0 Å². The van der Waals surface area contributed by atoms with Gasteiger partial charge in [-0.25, -0.2) is 4.79 Å². The maximum absolute atomic E-state index is 12.5. The second-order valence-corrected chi connectivity index (χ2v) is 8.50. The van der Waals surface area contributed by atoms with Gasteiger partial charge in [0.15, 0.2) is 0 Å². The van der Waals surface area contributed by atoms with Gasteiger partial charge in [-0.1, -0.05) is 6.42 Å². The average molecular weight is 323 g/mol. The quantitative estimate of drug-likeness (QED) is 0.838. The minimum absolute atomic E-state index is 0.114. The second-order valence-electron chi connectivity index (χ2n) is 8.50. The van der Waals surface area contributed by atoms with Crippen molar-refractivity contribution >= 4 is 6.09 Å². The molecule has 3 aliphatic heterocycles. The van der Waals surface area contributed by atoms with E-state index in [2.05, 4.69) is 10.6 Å². The molecule has 3 unspecified atom stereocenters. The van der Waals surface area contributed by atoms with Gasteiger partial charge in [-0.2, -0.15) is 0 Å². The predicted octanol–water partition coefficient (Wildman–Crippen LogP) is 2.65. The molecule has 5 nitrogen and oxygen atoms in total. The molecule has 2 N–H and O–H groups in total. The summed E-state index contributed by atoms with van der Waals surface area (Å²) in [5, 5.41) is 7.36. The number of nitrogens with one attached hydrogen (secondary N) is 2. The van der Waals surface area contributed by atoms with Gasteiger partial charge >= 0.3 is 6.09 Å². The first kappa shape index (κ1) is 17.0. The summed E-state index contributed by atoms with van der Waals surface area (Å²) < 4.78 is 5.60. The van der Waals surface area contributed by atoms with Crippen LogP contribution in [0.5, 0.6) is 0 Å². The minimum atomic E-state index is -0.404. The van der Waals surface area contributed by atoms with E-state index in [1.807, 2.05) is 25.7 Å². The summed E-state index contributed by atoms with van der Waals surface area (Å²) in [5.74, 6) is 0. The standard InChI is InChI=1S/C18H33N3O2/c1-18(2,3)23-17(22)21-15-7-8-16(21)11-14(10-15)20-12-13-6-4-5-9-19-13/h13-16,19-20H,4-12H2,1-3H3. The molecule has 0 radical (unpaired) electrons. The topological polar surface area (TPSA) is 53.6 Å². The Morgan fingerprint density at radius 2 is 1.87 bits per heavy atom. The molecule has 0 aromatic carbocycles. The zero-order valence-electron chi connectivity index (χ0n) is 14.9. The Labute approximate surface area is 140 Å². The average Bonchev–Trinajstić information content (AvgIpc) is 2.76. The lowest BCUT2D eigenvalue weighted by molar-refractivity contribution is 0.00463. The Hall–Kier alpha value is -0.810. The van der Waals surface area contributed by atoms with E-state index in [1.54, 1.807) is 0 Å². The highest BCUT2D eigenvalue weighted by molar-refractivity contribution is 5.69. The number of rotatable bonds is 3. The van der Waals surface area contributed by atoms with E-state index in [1.165, 1.54) is 19.3 Å². The molecule has 0 aromatic heterocycles. The molecule has 0 spiro atoms. The van der Waals surface area contributed by atoms with Crippen molar-refractivity contribution in [3.63, 3.8) is 0 Å². The summed E-state index contributed by atoms with van der Waals surface area (Å²) >= 11 is 0. The number of piperidine rings is 2. The maximum atomic E-state index is 12.5. The van der Waals surface area contributed by atoms with E-state index >= 15 is 0 Å². The molecule has 0 aromatic rings. The molecule has 3 rings (SSSR count). The summed E-state index contributed by atoms with van der Waals surface area (Å²) in [7, 11) is 0. The first-order chi connectivity index (χ1) is 10.9. The first-order valence-corrected chi connectivity index (χ1v) is 9.40. The van der Waals surface area contributed by atoms with Crippen molar-refractivity contribution in [1.29, 1.82) is 0 Å². The maximum Gasteiger partial charge on any atom is 0.410 e. The third-order valence-electron chi connectivity index (χ3n) is 5.40. The van der Waals surface area contributed by atoms with Crippen LogP contribution in [0.3, 0.4) is 0 Å². The molecule has 0 aliphatic carbocycles. The monoisotopic (exact) mass is 323 g/mol. The van der Waals surface area contributed by atoms with Gasteiger partial charge < -0.3 is 20.3 Å². The van der Waals surface area contributed by atoms with Gasteiger partial charge in [-0.15, -0.1) is 0 Å². The largest absolute Gasteiger partial charge is 0.444 e. The summed E-state index contributed by atoms with van der Waals surface area (Å²) in [5.41, 5.74) is -0.404. The van der Waals surface area contributed by atoms with Crippen LogP contribution >= 0.6 is 0 Å². The lowest BCUT2D eigenvalue weighted by atomic mass is 9.97. The Morgan fingerprint density at radius 3 is 2.43 bits per heavy atom. The molecule has 1 amide bonds. The summed E-state index contributed by atoms with van der Waals surface area (Å²) in [6, 6.07) is 1.90. The molecular formula is C18H33N3O2. The van der Waals surface area contributed by atoms with Crippen molar-refractivity contribution < 1.29 is 9.53 Å². The molecule has 3 aliphatic rings. The summed E-state index contributed by atoms with van der Waals surface area (Å²) in [6.45, 7) is 8.06. The number of carbonyl (C=O) groups excluding carboxylic acids is 1. The predicted molar refractivity (Wildman–Crippen MR) is 91.5 cm³/mol. The summed E-state index contributed by atoms with van der Waals surface area (Å²) in [6.07, 6.45) is 8.24. The Morgan fingerprint density at radius 1 is 1.17 bits per heavy atom. The van der Waals surface area contributed by atoms with Crippen molar-refractivity contribution in [1.82, 2.24) is 15.5 Å². The van der Waals surface area contributed by atoms with Crippen molar-refractivity contribution in [3.05, 3.63) is 0 Å². The van der Waals surface area contributed by atoms with Crippen LogP contribution in [-0.2, 0) is 4.74 Å². The Balaban J connectivity index is 1.49. The normalized spacial score (nSPS) is 34.5. The first-order valence-electron chi connectivity index (χ1n) is 9.40.